The van der Waals surface area contributed by atoms with Crippen molar-refractivity contribution in [3.63, 3.8) is 0 Å². The minimum atomic E-state index is 0.380. The van der Waals surface area contributed by atoms with E-state index in [-0.39, 0.29) is 0 Å². The van der Waals surface area contributed by atoms with Gasteiger partial charge in [-0.3, -0.25) is 0 Å². The molecule has 0 spiro atoms. The van der Waals surface area contributed by atoms with E-state index >= 15 is 0 Å². The molecule has 0 bridgehead atoms. The van der Waals surface area contributed by atoms with Crippen molar-refractivity contribution in [1.29, 1.82) is 0 Å². The second kappa shape index (κ2) is 6.81. The lowest BCUT2D eigenvalue weighted by Gasteiger charge is -2.11. The maximum Gasteiger partial charge on any atom is 0.125 e. The first-order valence-electron chi connectivity index (χ1n) is 6.26. The lowest BCUT2D eigenvalue weighted by molar-refractivity contribution is 0.305. The van der Waals surface area contributed by atoms with Gasteiger partial charge in [-0.2, -0.15) is 0 Å². The van der Waals surface area contributed by atoms with Gasteiger partial charge in [0.2, 0.25) is 0 Å². The number of hydrogen-bond donors (Lipinski definition) is 1. The zero-order chi connectivity index (χ0) is 14.5. The number of halogens is 1. The molecular formula is C16H16ClNOS. The molecule has 1 heterocycles. The zero-order valence-corrected chi connectivity index (χ0v) is 13.1. The highest BCUT2D eigenvalue weighted by Gasteiger charge is 2.07. The Morgan fingerprint density at radius 1 is 1.25 bits per heavy atom. The first-order chi connectivity index (χ1) is 9.60. The highest BCUT2D eigenvalue weighted by atomic mass is 35.5. The van der Waals surface area contributed by atoms with Crippen LogP contribution in [0.15, 0.2) is 23.6 Å². The summed E-state index contributed by atoms with van der Waals surface area (Å²) in [4.78, 5) is 1.14. The summed E-state index contributed by atoms with van der Waals surface area (Å²) in [5.74, 6) is 6.76. The summed E-state index contributed by atoms with van der Waals surface area (Å²) in [5, 5.41) is 2.76. The van der Waals surface area contributed by atoms with E-state index < -0.39 is 0 Å². The Morgan fingerprint density at radius 2 is 1.95 bits per heavy atom. The molecule has 0 saturated carbocycles. The minimum absolute atomic E-state index is 0.380. The summed E-state index contributed by atoms with van der Waals surface area (Å²) in [6.07, 6.45) is 0. The van der Waals surface area contributed by atoms with E-state index in [0.29, 0.717) is 13.2 Å². The number of aryl methyl sites for hydroxylation is 2. The SMILES string of the molecule is Cc1cc(Cl)cc(C)c1OCc1cc(C#CCN)cs1. The topological polar surface area (TPSA) is 35.2 Å². The predicted octanol–water partition coefficient (Wildman–Crippen LogP) is 3.91. The minimum Gasteiger partial charge on any atom is -0.488 e. The zero-order valence-electron chi connectivity index (χ0n) is 11.5. The fourth-order valence-corrected chi connectivity index (χ4v) is 3.00. The molecule has 0 aliphatic carbocycles. The second-order valence-corrected chi connectivity index (χ2v) is 5.90. The van der Waals surface area contributed by atoms with Crippen molar-refractivity contribution in [1.82, 2.24) is 0 Å². The van der Waals surface area contributed by atoms with Gasteiger partial charge in [0, 0.05) is 20.8 Å². The van der Waals surface area contributed by atoms with Crippen LogP contribution >= 0.6 is 22.9 Å². The van der Waals surface area contributed by atoms with Crippen molar-refractivity contribution >= 4 is 22.9 Å². The summed E-state index contributed by atoms with van der Waals surface area (Å²) < 4.78 is 5.91. The van der Waals surface area contributed by atoms with Crippen LogP contribution in [0.25, 0.3) is 0 Å². The van der Waals surface area contributed by atoms with Crippen LogP contribution < -0.4 is 10.5 Å². The van der Waals surface area contributed by atoms with E-state index in [1.54, 1.807) is 11.3 Å². The lowest BCUT2D eigenvalue weighted by Crippen LogP contribution is -1.97. The molecule has 0 fully saturated rings. The molecule has 0 saturated heterocycles. The number of thiophene rings is 1. The van der Waals surface area contributed by atoms with Gasteiger partial charge in [-0.15, -0.1) is 11.3 Å². The fraction of sp³-hybridized carbons (Fsp3) is 0.250. The molecule has 20 heavy (non-hydrogen) atoms. The monoisotopic (exact) mass is 305 g/mol. The molecular weight excluding hydrogens is 290 g/mol. The highest BCUT2D eigenvalue weighted by molar-refractivity contribution is 7.10. The maximum atomic E-state index is 6.01. The van der Waals surface area contributed by atoms with E-state index in [1.165, 1.54) is 0 Å². The Labute approximate surface area is 128 Å². The summed E-state index contributed by atoms with van der Waals surface area (Å²) in [7, 11) is 0. The van der Waals surface area contributed by atoms with Crippen LogP contribution in [0.1, 0.15) is 21.6 Å². The maximum absolute atomic E-state index is 6.01. The number of benzene rings is 1. The number of nitrogens with two attached hydrogens (primary N) is 1. The van der Waals surface area contributed by atoms with E-state index in [2.05, 4.69) is 11.8 Å². The molecule has 4 heteroatoms. The molecule has 1 aromatic carbocycles. The van der Waals surface area contributed by atoms with Crippen LogP contribution in [-0.2, 0) is 6.61 Å². The van der Waals surface area contributed by atoms with Gasteiger partial charge in [-0.1, -0.05) is 23.4 Å². The summed E-state index contributed by atoms with van der Waals surface area (Å²) in [6.45, 7) is 4.92. The average Bonchev–Trinajstić information content (AvgIpc) is 2.83. The molecule has 0 aliphatic heterocycles. The molecule has 0 radical (unpaired) electrons. The van der Waals surface area contributed by atoms with E-state index in [4.69, 9.17) is 22.1 Å². The predicted molar refractivity (Wildman–Crippen MR) is 85.5 cm³/mol. The van der Waals surface area contributed by atoms with E-state index in [0.717, 1.165) is 32.3 Å². The summed E-state index contributed by atoms with van der Waals surface area (Å²) in [6, 6.07) is 5.86. The average molecular weight is 306 g/mol. The van der Waals surface area contributed by atoms with Gasteiger partial charge in [0.15, 0.2) is 0 Å². The Morgan fingerprint density at radius 3 is 2.60 bits per heavy atom. The van der Waals surface area contributed by atoms with Crippen LogP contribution in [-0.4, -0.2) is 6.54 Å². The van der Waals surface area contributed by atoms with Crippen LogP contribution in [0.4, 0.5) is 0 Å². The third kappa shape index (κ3) is 3.77. The smallest absolute Gasteiger partial charge is 0.125 e. The molecule has 2 N–H and O–H groups in total. The van der Waals surface area contributed by atoms with E-state index in [1.807, 2.05) is 37.4 Å². The molecule has 1 aromatic heterocycles. The first-order valence-corrected chi connectivity index (χ1v) is 7.52. The lowest BCUT2D eigenvalue weighted by atomic mass is 10.1. The third-order valence-electron chi connectivity index (χ3n) is 2.77. The number of ether oxygens (including phenoxy) is 1. The molecule has 0 unspecified atom stereocenters. The van der Waals surface area contributed by atoms with Gasteiger partial charge in [0.05, 0.1) is 6.54 Å². The molecule has 0 aliphatic rings. The van der Waals surface area contributed by atoms with Crippen molar-refractivity contribution in [2.24, 2.45) is 5.73 Å². The van der Waals surface area contributed by atoms with Crippen molar-refractivity contribution in [3.8, 4) is 17.6 Å². The summed E-state index contributed by atoms with van der Waals surface area (Å²) in [5.41, 5.74) is 8.45. The third-order valence-corrected chi connectivity index (χ3v) is 3.90. The molecule has 2 nitrogen and oxygen atoms in total. The standard InChI is InChI=1S/C16H16ClNOS/c1-11-6-14(17)7-12(2)16(11)19-9-15-8-13(10-20-15)4-3-5-18/h6-8,10H,5,9,18H2,1-2H3. The normalized spacial score (nSPS) is 10.0. The van der Waals surface area contributed by atoms with Crippen molar-refractivity contribution in [2.75, 3.05) is 6.54 Å². The Kier molecular flexibility index (Phi) is 5.08. The Bertz CT molecular complexity index is 644. The molecule has 0 amide bonds. The molecule has 0 atom stereocenters. The van der Waals surface area contributed by atoms with Gasteiger partial charge in [-0.05, 0) is 43.2 Å². The second-order valence-electron chi connectivity index (χ2n) is 4.46. The van der Waals surface area contributed by atoms with Crippen molar-refractivity contribution < 1.29 is 4.74 Å². The van der Waals surface area contributed by atoms with Crippen LogP contribution in [0, 0.1) is 25.7 Å². The largest absolute Gasteiger partial charge is 0.488 e. The number of hydrogen-bond acceptors (Lipinski definition) is 3. The van der Waals surface area contributed by atoms with Gasteiger partial charge in [0.25, 0.3) is 0 Å². The quantitative estimate of drug-likeness (QED) is 0.873. The molecule has 2 aromatic rings. The van der Waals surface area contributed by atoms with Crippen molar-refractivity contribution in [2.45, 2.75) is 20.5 Å². The first kappa shape index (κ1) is 14.9. The van der Waals surface area contributed by atoms with Crippen LogP contribution in [0.2, 0.25) is 5.02 Å². The molecule has 104 valence electrons. The van der Waals surface area contributed by atoms with Crippen LogP contribution in [0.3, 0.4) is 0 Å². The van der Waals surface area contributed by atoms with Gasteiger partial charge >= 0.3 is 0 Å². The Balaban J connectivity index is 2.07. The van der Waals surface area contributed by atoms with Crippen molar-refractivity contribution in [3.05, 3.63) is 50.2 Å². The van der Waals surface area contributed by atoms with E-state index in [9.17, 15) is 0 Å². The highest BCUT2D eigenvalue weighted by Crippen LogP contribution is 2.28. The van der Waals surface area contributed by atoms with Gasteiger partial charge in [-0.25, -0.2) is 0 Å². The molecule has 2 rings (SSSR count). The Hall–Kier alpha value is -1.47. The fourth-order valence-electron chi connectivity index (χ4n) is 1.94. The van der Waals surface area contributed by atoms with Gasteiger partial charge in [0.1, 0.15) is 12.4 Å². The number of rotatable bonds is 3. The summed E-state index contributed by atoms with van der Waals surface area (Å²) >= 11 is 7.65. The van der Waals surface area contributed by atoms with Crippen LogP contribution in [0.5, 0.6) is 5.75 Å². The van der Waals surface area contributed by atoms with Gasteiger partial charge < -0.3 is 10.5 Å².